The molecule has 2 aliphatic rings. The maximum atomic E-state index is 4.67. The van der Waals surface area contributed by atoms with E-state index in [-0.39, 0.29) is 5.41 Å². The molecule has 0 amide bonds. The summed E-state index contributed by atoms with van der Waals surface area (Å²) in [5.74, 6) is 1.89. The molecule has 0 fully saturated rings. The molecular weight excluding hydrogens is 214 g/mol. The van der Waals surface area contributed by atoms with Gasteiger partial charge in [-0.05, 0) is 0 Å². The summed E-state index contributed by atoms with van der Waals surface area (Å²) in [5, 5.41) is 4.67. The smallest absolute Gasteiger partial charge is 0.216 e. The Balaban J connectivity index is 2.15. The summed E-state index contributed by atoms with van der Waals surface area (Å²) < 4.78 is 2.56. The second kappa shape index (κ2) is 3.04. The first-order valence-electron chi connectivity index (χ1n) is 5.97. The summed E-state index contributed by atoms with van der Waals surface area (Å²) >= 11 is 0. The fourth-order valence-corrected chi connectivity index (χ4v) is 2.18. The first-order chi connectivity index (χ1) is 7.90. The molecule has 0 N–H and O–H groups in total. The molecule has 0 spiro atoms. The molecule has 0 radical (unpaired) electrons. The van der Waals surface area contributed by atoms with Crippen LogP contribution in [0.2, 0.25) is 0 Å². The zero-order valence-electron chi connectivity index (χ0n) is 10.8. The zero-order chi connectivity index (χ0) is 12.3. The average molecular weight is 232 g/mol. The van der Waals surface area contributed by atoms with E-state index in [2.05, 4.69) is 49.0 Å². The Morgan fingerprint density at radius 2 is 2.12 bits per heavy atom. The normalized spacial score (nSPS) is 26.7. The first kappa shape index (κ1) is 10.7. The maximum Gasteiger partial charge on any atom is 0.333 e. The van der Waals surface area contributed by atoms with E-state index in [9.17, 15) is 0 Å². The number of hydrogen-bond donors (Lipinski definition) is 0. The molecule has 1 unspecified atom stereocenters. The van der Waals surface area contributed by atoms with Gasteiger partial charge in [0.05, 0.1) is 19.3 Å². The van der Waals surface area contributed by atoms with Gasteiger partial charge in [-0.1, -0.05) is 20.8 Å². The summed E-state index contributed by atoms with van der Waals surface area (Å²) in [6.45, 7) is 8.31. The van der Waals surface area contributed by atoms with Crippen LogP contribution < -0.4 is 0 Å². The van der Waals surface area contributed by atoms with Crippen molar-refractivity contribution in [2.24, 2.45) is 9.98 Å². The van der Waals surface area contributed by atoms with Crippen LogP contribution in [0.1, 0.15) is 26.5 Å². The Hall–Kier alpha value is -1.49. The van der Waals surface area contributed by atoms with Gasteiger partial charge in [-0.15, -0.1) is 4.68 Å². The van der Waals surface area contributed by atoms with Gasteiger partial charge in [-0.25, -0.2) is 9.48 Å². The highest BCUT2D eigenvalue weighted by molar-refractivity contribution is 5.88. The van der Waals surface area contributed by atoms with Gasteiger partial charge < -0.3 is 0 Å². The lowest BCUT2D eigenvalue weighted by molar-refractivity contribution is -0.712. The van der Waals surface area contributed by atoms with Gasteiger partial charge in [0.2, 0.25) is 0 Å². The Morgan fingerprint density at radius 1 is 1.35 bits per heavy atom. The minimum Gasteiger partial charge on any atom is -0.216 e. The summed E-state index contributed by atoms with van der Waals surface area (Å²) in [6, 6.07) is 2.06. The average Bonchev–Trinajstić information content (AvgIpc) is 2.77. The Labute approximate surface area is 101 Å². The van der Waals surface area contributed by atoms with Crippen LogP contribution in [0, 0.1) is 0 Å². The van der Waals surface area contributed by atoms with Crippen LogP contribution in [0.4, 0.5) is 5.82 Å². The van der Waals surface area contributed by atoms with Crippen molar-refractivity contribution in [2.45, 2.75) is 26.2 Å². The molecule has 0 saturated heterocycles. The molecule has 1 aromatic heterocycles. The highest BCUT2D eigenvalue weighted by Gasteiger charge is 2.40. The highest BCUT2D eigenvalue weighted by Crippen LogP contribution is 2.29. The van der Waals surface area contributed by atoms with Gasteiger partial charge in [-0.3, -0.25) is 0 Å². The van der Waals surface area contributed by atoms with Crippen molar-refractivity contribution in [1.29, 1.82) is 0 Å². The second-order valence-corrected chi connectivity index (χ2v) is 5.97. The SMILES string of the molecule is CC(C)(C)c1cc2n(n1)C1=NCC[N+]1(C)C=N2. The fourth-order valence-electron chi connectivity index (χ4n) is 2.18. The van der Waals surface area contributed by atoms with Crippen LogP contribution in [-0.4, -0.2) is 46.7 Å². The number of hydrogen-bond acceptors (Lipinski definition) is 3. The van der Waals surface area contributed by atoms with Crippen molar-refractivity contribution < 1.29 is 4.48 Å². The largest absolute Gasteiger partial charge is 0.333 e. The molecule has 1 atom stereocenters. The molecular formula is C12H18N5+. The highest BCUT2D eigenvalue weighted by atomic mass is 15.6. The quantitative estimate of drug-likeness (QED) is 0.625. The summed E-state index contributed by atoms with van der Waals surface area (Å²) in [7, 11) is 2.12. The van der Waals surface area contributed by atoms with Gasteiger partial charge in [0.1, 0.15) is 6.54 Å². The van der Waals surface area contributed by atoms with Crippen LogP contribution in [-0.2, 0) is 5.41 Å². The molecule has 3 heterocycles. The lowest BCUT2D eigenvalue weighted by atomic mass is 9.92. The molecule has 90 valence electrons. The van der Waals surface area contributed by atoms with Crippen molar-refractivity contribution in [3.8, 4) is 0 Å². The van der Waals surface area contributed by atoms with E-state index in [0.29, 0.717) is 4.48 Å². The fraction of sp³-hybridized carbons (Fsp3) is 0.583. The van der Waals surface area contributed by atoms with Crippen LogP contribution in [0.5, 0.6) is 0 Å². The van der Waals surface area contributed by atoms with E-state index in [0.717, 1.165) is 30.6 Å². The molecule has 3 rings (SSSR count). The third kappa shape index (κ3) is 1.45. The lowest BCUT2D eigenvalue weighted by Gasteiger charge is -2.26. The van der Waals surface area contributed by atoms with Gasteiger partial charge in [0, 0.05) is 11.5 Å². The number of aliphatic imine (C=N–C) groups is 2. The van der Waals surface area contributed by atoms with Crippen molar-refractivity contribution in [2.75, 3.05) is 20.1 Å². The minimum absolute atomic E-state index is 0.0441. The zero-order valence-corrected chi connectivity index (χ0v) is 10.8. The predicted molar refractivity (Wildman–Crippen MR) is 67.8 cm³/mol. The van der Waals surface area contributed by atoms with E-state index in [1.165, 1.54) is 0 Å². The summed E-state index contributed by atoms with van der Waals surface area (Å²) in [6.07, 6.45) is 1.97. The number of fused-ring (bicyclic) bond motifs is 3. The molecule has 5 heteroatoms. The van der Waals surface area contributed by atoms with Crippen molar-refractivity contribution in [1.82, 2.24) is 9.78 Å². The van der Waals surface area contributed by atoms with E-state index in [1.807, 2.05) is 11.0 Å². The van der Waals surface area contributed by atoms with Gasteiger partial charge in [-0.2, -0.15) is 10.1 Å². The van der Waals surface area contributed by atoms with Crippen LogP contribution >= 0.6 is 0 Å². The van der Waals surface area contributed by atoms with E-state index in [1.54, 1.807) is 0 Å². The molecule has 0 bridgehead atoms. The van der Waals surface area contributed by atoms with Crippen molar-refractivity contribution in [3.63, 3.8) is 0 Å². The number of quaternary nitrogens is 1. The predicted octanol–water partition coefficient (Wildman–Crippen LogP) is 1.52. The van der Waals surface area contributed by atoms with E-state index in [4.69, 9.17) is 0 Å². The Kier molecular flexibility index (Phi) is 1.91. The molecule has 5 nitrogen and oxygen atoms in total. The third-order valence-electron chi connectivity index (χ3n) is 3.37. The molecule has 17 heavy (non-hydrogen) atoms. The lowest BCUT2D eigenvalue weighted by Crippen LogP contribution is -2.50. The molecule has 0 saturated carbocycles. The van der Waals surface area contributed by atoms with Gasteiger partial charge in [0.25, 0.3) is 0 Å². The van der Waals surface area contributed by atoms with Crippen LogP contribution in [0.3, 0.4) is 0 Å². The van der Waals surface area contributed by atoms with E-state index >= 15 is 0 Å². The van der Waals surface area contributed by atoms with Crippen LogP contribution in [0.25, 0.3) is 0 Å². The van der Waals surface area contributed by atoms with Crippen molar-refractivity contribution in [3.05, 3.63) is 11.8 Å². The van der Waals surface area contributed by atoms with Gasteiger partial charge >= 0.3 is 5.96 Å². The third-order valence-corrected chi connectivity index (χ3v) is 3.37. The van der Waals surface area contributed by atoms with E-state index < -0.39 is 0 Å². The monoisotopic (exact) mass is 232 g/mol. The topological polar surface area (TPSA) is 42.5 Å². The standard InChI is InChI=1S/C12H18N5/c1-12(2,3)9-7-10-14-8-17(4)6-5-13-11(17)16(10)15-9/h7-8H,5-6H2,1-4H3/q+1. The number of rotatable bonds is 0. The number of likely N-dealkylation sites (N-methyl/N-ethyl adjacent to an activating group) is 1. The molecule has 0 aliphatic carbocycles. The summed E-state index contributed by atoms with van der Waals surface area (Å²) in [4.78, 5) is 9.07. The molecule has 2 aliphatic heterocycles. The molecule has 1 aromatic rings. The molecule has 0 aromatic carbocycles. The second-order valence-electron chi connectivity index (χ2n) is 5.97. The Morgan fingerprint density at radius 3 is 2.82 bits per heavy atom. The van der Waals surface area contributed by atoms with Gasteiger partial charge in [0.15, 0.2) is 12.2 Å². The minimum atomic E-state index is 0.0441. The Bertz CT molecular complexity index is 532. The maximum absolute atomic E-state index is 4.67. The summed E-state index contributed by atoms with van der Waals surface area (Å²) in [5.41, 5.74) is 1.11. The number of nitrogens with zero attached hydrogens (tertiary/aromatic N) is 5. The first-order valence-corrected chi connectivity index (χ1v) is 5.97. The van der Waals surface area contributed by atoms with Crippen molar-refractivity contribution >= 4 is 18.1 Å². The number of aromatic nitrogens is 2. The van der Waals surface area contributed by atoms with Crippen LogP contribution in [0.15, 0.2) is 16.1 Å².